The average molecular weight is 358 g/mol. The van der Waals surface area contributed by atoms with Gasteiger partial charge >= 0.3 is 6.03 Å². The number of ether oxygens (including phenoxy) is 1. The molecule has 0 saturated carbocycles. The third-order valence-corrected chi connectivity index (χ3v) is 4.54. The predicted molar refractivity (Wildman–Crippen MR) is 97.4 cm³/mol. The summed E-state index contributed by atoms with van der Waals surface area (Å²) in [6.07, 6.45) is 1.54. The van der Waals surface area contributed by atoms with Crippen LogP contribution in [0.2, 0.25) is 0 Å². The maximum absolute atomic E-state index is 12.1. The first-order valence-electron chi connectivity index (χ1n) is 8.95. The van der Waals surface area contributed by atoms with E-state index in [4.69, 9.17) is 4.74 Å². The van der Waals surface area contributed by atoms with Crippen molar-refractivity contribution in [2.75, 3.05) is 26.2 Å². The van der Waals surface area contributed by atoms with E-state index in [9.17, 15) is 4.79 Å². The minimum Gasteiger partial charge on any atom is -0.373 e. The van der Waals surface area contributed by atoms with Gasteiger partial charge in [-0.3, -0.25) is 4.90 Å². The molecule has 1 aliphatic heterocycles. The quantitative estimate of drug-likeness (QED) is 0.807. The molecule has 2 aromatic rings. The molecule has 0 unspecified atom stereocenters. The fraction of sp³-hybridized carbons (Fsp3) is 0.500. The first-order valence-corrected chi connectivity index (χ1v) is 8.95. The van der Waals surface area contributed by atoms with Gasteiger partial charge in [-0.1, -0.05) is 37.3 Å². The van der Waals surface area contributed by atoms with Gasteiger partial charge < -0.3 is 15.4 Å². The van der Waals surface area contributed by atoms with E-state index in [1.54, 1.807) is 13.2 Å². The minimum atomic E-state index is -0.236. The lowest BCUT2D eigenvalue weighted by atomic mass is 9.98. The molecule has 0 spiro atoms. The van der Waals surface area contributed by atoms with Gasteiger partial charge in [0.25, 0.3) is 0 Å². The second-order valence-corrected chi connectivity index (χ2v) is 6.28. The zero-order chi connectivity index (χ0) is 18.4. The molecule has 3 rings (SSSR count). The number of carbonyl (C=O) groups is 1. The monoisotopic (exact) mass is 358 g/mol. The summed E-state index contributed by atoms with van der Waals surface area (Å²) in [5.41, 5.74) is 1.93. The Morgan fingerprint density at radius 1 is 1.31 bits per heavy atom. The number of likely N-dealkylation sites (N-methyl/N-ethyl adjacent to an activating group) is 1. The predicted octanol–water partition coefficient (Wildman–Crippen LogP) is 1.08. The molecular weight excluding hydrogens is 332 g/mol. The van der Waals surface area contributed by atoms with Gasteiger partial charge in [0.15, 0.2) is 0 Å². The molecule has 1 aromatic carbocycles. The van der Waals surface area contributed by atoms with Crippen LogP contribution in [0.3, 0.4) is 0 Å². The van der Waals surface area contributed by atoms with E-state index in [-0.39, 0.29) is 18.2 Å². The van der Waals surface area contributed by atoms with Crippen molar-refractivity contribution in [3.63, 3.8) is 0 Å². The summed E-state index contributed by atoms with van der Waals surface area (Å²) in [5, 5.41) is 13.8. The van der Waals surface area contributed by atoms with Gasteiger partial charge in [0.2, 0.25) is 0 Å². The van der Waals surface area contributed by atoms with Crippen LogP contribution in [-0.2, 0) is 18.3 Å². The summed E-state index contributed by atoms with van der Waals surface area (Å²) in [4.78, 5) is 16.0. The van der Waals surface area contributed by atoms with Crippen molar-refractivity contribution < 1.29 is 9.53 Å². The van der Waals surface area contributed by atoms with Gasteiger partial charge in [-0.25, -0.2) is 4.79 Å². The number of carbonyl (C=O) groups excluding carboxylic acids is 1. The Balaban J connectivity index is 1.56. The van der Waals surface area contributed by atoms with Crippen LogP contribution in [0.25, 0.3) is 0 Å². The molecular formula is C18H26N6O2. The Kier molecular flexibility index (Phi) is 6.19. The summed E-state index contributed by atoms with van der Waals surface area (Å²) < 4.78 is 5.98. The molecule has 140 valence electrons. The molecule has 1 fully saturated rings. The molecule has 0 aliphatic carbocycles. The molecule has 1 aromatic heterocycles. The molecule has 8 heteroatoms. The Labute approximate surface area is 153 Å². The number of hydrogen-bond donors (Lipinski definition) is 2. The molecule has 2 N–H and O–H groups in total. The normalized spacial score (nSPS) is 20.7. The van der Waals surface area contributed by atoms with Crippen LogP contribution in [0.4, 0.5) is 4.79 Å². The van der Waals surface area contributed by atoms with Crippen LogP contribution < -0.4 is 10.6 Å². The molecule has 2 heterocycles. The Hall–Kier alpha value is -2.45. The van der Waals surface area contributed by atoms with Crippen molar-refractivity contribution in [2.45, 2.75) is 25.6 Å². The smallest absolute Gasteiger partial charge is 0.315 e. The Bertz CT molecular complexity index is 705. The summed E-state index contributed by atoms with van der Waals surface area (Å²) in [7, 11) is 1.74. The third-order valence-electron chi connectivity index (χ3n) is 4.54. The van der Waals surface area contributed by atoms with E-state index in [1.807, 2.05) is 18.2 Å². The number of amides is 2. The van der Waals surface area contributed by atoms with Gasteiger partial charge in [0.1, 0.15) is 5.69 Å². The lowest BCUT2D eigenvalue weighted by Crippen LogP contribution is -2.50. The van der Waals surface area contributed by atoms with Crippen molar-refractivity contribution >= 4 is 6.03 Å². The lowest BCUT2D eigenvalue weighted by molar-refractivity contribution is -0.0681. The Morgan fingerprint density at radius 3 is 2.81 bits per heavy atom. The molecule has 2 atom stereocenters. The van der Waals surface area contributed by atoms with Crippen LogP contribution in [0.15, 0.2) is 36.5 Å². The summed E-state index contributed by atoms with van der Waals surface area (Å²) in [6.45, 7) is 5.45. The Morgan fingerprint density at radius 2 is 2.12 bits per heavy atom. The third kappa shape index (κ3) is 4.59. The van der Waals surface area contributed by atoms with Crippen molar-refractivity contribution in [3.05, 3.63) is 47.8 Å². The van der Waals surface area contributed by atoms with Gasteiger partial charge in [0.05, 0.1) is 31.5 Å². The van der Waals surface area contributed by atoms with Crippen LogP contribution in [0, 0.1) is 0 Å². The number of hydrogen-bond acceptors (Lipinski definition) is 5. The molecule has 8 nitrogen and oxygen atoms in total. The van der Waals surface area contributed by atoms with E-state index in [0.29, 0.717) is 19.7 Å². The summed E-state index contributed by atoms with van der Waals surface area (Å²) in [6, 6.07) is 10.2. The number of nitrogens with zero attached hydrogens (tertiary/aromatic N) is 4. The van der Waals surface area contributed by atoms with Crippen LogP contribution in [0.1, 0.15) is 24.2 Å². The van der Waals surface area contributed by atoms with E-state index >= 15 is 0 Å². The first-order chi connectivity index (χ1) is 12.7. The largest absolute Gasteiger partial charge is 0.373 e. The fourth-order valence-electron chi connectivity index (χ4n) is 3.28. The van der Waals surface area contributed by atoms with E-state index in [2.05, 4.69) is 44.8 Å². The maximum atomic E-state index is 12.1. The highest BCUT2D eigenvalue weighted by molar-refractivity contribution is 5.73. The van der Waals surface area contributed by atoms with Crippen molar-refractivity contribution in [2.24, 2.45) is 7.05 Å². The number of urea groups is 1. The summed E-state index contributed by atoms with van der Waals surface area (Å²) >= 11 is 0. The standard InChI is InChI=1S/C18H26N6O2/c1-3-24-9-10-26-16(17(24)14-7-5-4-6-8-14)13-20-18(25)19-11-15-12-21-23(2)22-15/h4-8,12,16-17H,3,9-11,13H2,1-2H3,(H2,19,20,25)/t16-,17-/m0/s1. The molecule has 26 heavy (non-hydrogen) atoms. The van der Waals surface area contributed by atoms with Gasteiger partial charge in [-0.2, -0.15) is 15.0 Å². The van der Waals surface area contributed by atoms with Crippen molar-refractivity contribution in [1.29, 1.82) is 0 Å². The van der Waals surface area contributed by atoms with Crippen LogP contribution in [-0.4, -0.2) is 58.3 Å². The highest BCUT2D eigenvalue weighted by Gasteiger charge is 2.32. The number of aromatic nitrogens is 3. The maximum Gasteiger partial charge on any atom is 0.315 e. The topological polar surface area (TPSA) is 84.3 Å². The molecule has 1 aliphatic rings. The molecule has 2 amide bonds. The zero-order valence-corrected chi connectivity index (χ0v) is 15.3. The number of aryl methyl sites for hydroxylation is 1. The van der Waals surface area contributed by atoms with E-state index in [0.717, 1.165) is 18.8 Å². The van der Waals surface area contributed by atoms with Gasteiger partial charge in [-0.05, 0) is 12.1 Å². The fourth-order valence-corrected chi connectivity index (χ4v) is 3.28. The first kappa shape index (κ1) is 18.3. The highest BCUT2D eigenvalue weighted by Crippen LogP contribution is 2.28. The highest BCUT2D eigenvalue weighted by atomic mass is 16.5. The average Bonchev–Trinajstić information content (AvgIpc) is 3.10. The van der Waals surface area contributed by atoms with Crippen LogP contribution in [0.5, 0.6) is 0 Å². The number of morpholine rings is 1. The van der Waals surface area contributed by atoms with Crippen molar-refractivity contribution in [1.82, 2.24) is 30.5 Å². The van der Waals surface area contributed by atoms with E-state index < -0.39 is 0 Å². The van der Waals surface area contributed by atoms with Crippen molar-refractivity contribution in [3.8, 4) is 0 Å². The lowest BCUT2D eigenvalue weighted by Gasteiger charge is -2.41. The summed E-state index contributed by atoms with van der Waals surface area (Å²) in [5.74, 6) is 0. The zero-order valence-electron chi connectivity index (χ0n) is 15.3. The molecule has 0 bridgehead atoms. The SMILES string of the molecule is CCN1CCO[C@@H](CNC(=O)NCc2cnn(C)n2)[C@@H]1c1ccccc1. The number of nitrogens with one attached hydrogen (secondary N) is 2. The second kappa shape index (κ2) is 8.77. The number of benzene rings is 1. The molecule has 1 saturated heterocycles. The second-order valence-electron chi connectivity index (χ2n) is 6.28. The van der Waals surface area contributed by atoms with Gasteiger partial charge in [-0.15, -0.1) is 0 Å². The van der Waals surface area contributed by atoms with Crippen LogP contribution >= 0.6 is 0 Å². The number of rotatable bonds is 6. The minimum absolute atomic E-state index is 0.0895. The van der Waals surface area contributed by atoms with E-state index in [1.165, 1.54) is 10.4 Å². The molecule has 0 radical (unpaired) electrons. The van der Waals surface area contributed by atoms with Gasteiger partial charge in [0, 0.05) is 20.1 Å².